The number of hydrogen-bond acceptors (Lipinski definition) is 2. The highest BCUT2D eigenvalue weighted by molar-refractivity contribution is 5.77. The SMILES string of the molecule is CC1CCCN(C(=O)CC(C)c2ccc(N)cc2)C1. The van der Waals surface area contributed by atoms with Crippen LogP contribution in [0.15, 0.2) is 24.3 Å². The van der Waals surface area contributed by atoms with Crippen LogP contribution in [0.25, 0.3) is 0 Å². The molecule has 2 unspecified atom stereocenters. The van der Waals surface area contributed by atoms with E-state index in [2.05, 4.69) is 13.8 Å². The van der Waals surface area contributed by atoms with Crippen molar-refractivity contribution in [2.24, 2.45) is 5.92 Å². The molecule has 2 atom stereocenters. The second-order valence-electron chi connectivity index (χ2n) is 5.86. The van der Waals surface area contributed by atoms with Crippen molar-refractivity contribution < 1.29 is 4.79 Å². The number of likely N-dealkylation sites (tertiary alicyclic amines) is 1. The lowest BCUT2D eigenvalue weighted by atomic mass is 9.95. The molecule has 0 aliphatic carbocycles. The number of benzene rings is 1. The summed E-state index contributed by atoms with van der Waals surface area (Å²) in [4.78, 5) is 14.3. The van der Waals surface area contributed by atoms with Gasteiger partial charge in [0.1, 0.15) is 0 Å². The summed E-state index contributed by atoms with van der Waals surface area (Å²) in [5.41, 5.74) is 7.64. The zero-order valence-electron chi connectivity index (χ0n) is 11.9. The Morgan fingerprint density at radius 1 is 1.42 bits per heavy atom. The molecule has 1 saturated heterocycles. The van der Waals surface area contributed by atoms with E-state index < -0.39 is 0 Å². The van der Waals surface area contributed by atoms with Crippen LogP contribution < -0.4 is 5.73 Å². The lowest BCUT2D eigenvalue weighted by molar-refractivity contribution is -0.133. The fourth-order valence-corrected chi connectivity index (χ4v) is 2.75. The fraction of sp³-hybridized carbons (Fsp3) is 0.562. The number of anilines is 1. The van der Waals surface area contributed by atoms with Crippen LogP contribution in [0, 0.1) is 5.92 Å². The molecule has 0 spiro atoms. The van der Waals surface area contributed by atoms with Crippen LogP contribution in [0.4, 0.5) is 5.69 Å². The summed E-state index contributed by atoms with van der Waals surface area (Å²) < 4.78 is 0. The number of carbonyl (C=O) groups is 1. The molecule has 1 heterocycles. The maximum Gasteiger partial charge on any atom is 0.223 e. The molecular formula is C16H24N2O. The van der Waals surface area contributed by atoms with Gasteiger partial charge in [-0.2, -0.15) is 0 Å². The Morgan fingerprint density at radius 3 is 2.74 bits per heavy atom. The predicted molar refractivity (Wildman–Crippen MR) is 78.9 cm³/mol. The van der Waals surface area contributed by atoms with Gasteiger partial charge in [0.05, 0.1) is 0 Å². The minimum Gasteiger partial charge on any atom is -0.399 e. The second-order valence-corrected chi connectivity index (χ2v) is 5.86. The molecule has 0 saturated carbocycles. The normalized spacial score (nSPS) is 21.2. The van der Waals surface area contributed by atoms with Gasteiger partial charge in [0, 0.05) is 25.2 Å². The van der Waals surface area contributed by atoms with Gasteiger partial charge in [-0.3, -0.25) is 4.79 Å². The molecule has 0 radical (unpaired) electrons. The molecule has 3 heteroatoms. The van der Waals surface area contributed by atoms with Gasteiger partial charge in [0.15, 0.2) is 0 Å². The zero-order chi connectivity index (χ0) is 13.8. The molecule has 2 rings (SSSR count). The maximum atomic E-state index is 12.3. The molecule has 1 aliphatic heterocycles. The van der Waals surface area contributed by atoms with E-state index >= 15 is 0 Å². The first-order valence-electron chi connectivity index (χ1n) is 7.19. The van der Waals surface area contributed by atoms with Gasteiger partial charge in [-0.1, -0.05) is 26.0 Å². The summed E-state index contributed by atoms with van der Waals surface area (Å²) in [6, 6.07) is 7.84. The lowest BCUT2D eigenvalue weighted by Gasteiger charge is -2.31. The largest absolute Gasteiger partial charge is 0.399 e. The van der Waals surface area contributed by atoms with E-state index in [1.807, 2.05) is 29.2 Å². The summed E-state index contributed by atoms with van der Waals surface area (Å²) in [5, 5.41) is 0. The summed E-state index contributed by atoms with van der Waals surface area (Å²) in [7, 11) is 0. The van der Waals surface area contributed by atoms with E-state index in [1.165, 1.54) is 12.0 Å². The average molecular weight is 260 g/mol. The maximum absolute atomic E-state index is 12.3. The highest BCUT2D eigenvalue weighted by atomic mass is 16.2. The van der Waals surface area contributed by atoms with Crippen molar-refractivity contribution in [3.05, 3.63) is 29.8 Å². The Kier molecular flexibility index (Phi) is 4.46. The van der Waals surface area contributed by atoms with E-state index in [9.17, 15) is 4.79 Å². The third-order valence-electron chi connectivity index (χ3n) is 4.00. The number of nitrogens with two attached hydrogens (primary N) is 1. The van der Waals surface area contributed by atoms with Crippen LogP contribution in [0.3, 0.4) is 0 Å². The number of rotatable bonds is 3. The number of hydrogen-bond donors (Lipinski definition) is 1. The topological polar surface area (TPSA) is 46.3 Å². The van der Waals surface area contributed by atoms with Crippen molar-refractivity contribution in [2.75, 3.05) is 18.8 Å². The summed E-state index contributed by atoms with van der Waals surface area (Å²) in [5.74, 6) is 1.19. The predicted octanol–water partition coefficient (Wildman–Crippen LogP) is 3.02. The first-order valence-corrected chi connectivity index (χ1v) is 7.19. The number of nitrogens with zero attached hydrogens (tertiary/aromatic N) is 1. The number of carbonyl (C=O) groups excluding carboxylic acids is 1. The monoisotopic (exact) mass is 260 g/mol. The molecule has 2 N–H and O–H groups in total. The highest BCUT2D eigenvalue weighted by Gasteiger charge is 2.22. The molecule has 1 aromatic carbocycles. The third-order valence-corrected chi connectivity index (χ3v) is 4.00. The Labute approximate surface area is 115 Å². The molecule has 104 valence electrons. The van der Waals surface area contributed by atoms with Crippen molar-refractivity contribution in [3.8, 4) is 0 Å². The molecule has 1 amide bonds. The smallest absolute Gasteiger partial charge is 0.223 e. The summed E-state index contributed by atoms with van der Waals surface area (Å²) >= 11 is 0. The van der Waals surface area contributed by atoms with Gasteiger partial charge in [-0.15, -0.1) is 0 Å². The van der Waals surface area contributed by atoms with Gasteiger partial charge < -0.3 is 10.6 Å². The van der Waals surface area contributed by atoms with E-state index in [-0.39, 0.29) is 11.8 Å². The standard InChI is InChI=1S/C16H24N2O/c1-12-4-3-9-18(11-12)16(19)10-13(2)14-5-7-15(17)8-6-14/h5-8,12-13H,3-4,9-11,17H2,1-2H3. The van der Waals surface area contributed by atoms with Crippen LogP contribution in [-0.2, 0) is 4.79 Å². The van der Waals surface area contributed by atoms with Gasteiger partial charge >= 0.3 is 0 Å². The molecule has 1 aliphatic rings. The average Bonchev–Trinajstić information content (AvgIpc) is 2.39. The van der Waals surface area contributed by atoms with Crippen LogP contribution >= 0.6 is 0 Å². The van der Waals surface area contributed by atoms with Crippen LogP contribution in [-0.4, -0.2) is 23.9 Å². The van der Waals surface area contributed by atoms with Gasteiger partial charge in [-0.25, -0.2) is 0 Å². The van der Waals surface area contributed by atoms with Crippen molar-refractivity contribution in [1.29, 1.82) is 0 Å². The highest BCUT2D eigenvalue weighted by Crippen LogP contribution is 2.23. The number of amides is 1. The molecule has 0 aromatic heterocycles. The fourth-order valence-electron chi connectivity index (χ4n) is 2.75. The molecule has 1 aromatic rings. The van der Waals surface area contributed by atoms with Crippen LogP contribution in [0.2, 0.25) is 0 Å². The number of piperidine rings is 1. The molecular weight excluding hydrogens is 236 g/mol. The minimum absolute atomic E-state index is 0.255. The zero-order valence-corrected chi connectivity index (χ0v) is 11.9. The van der Waals surface area contributed by atoms with Crippen molar-refractivity contribution in [1.82, 2.24) is 4.90 Å². The summed E-state index contributed by atoms with van der Waals surface area (Å²) in [6.07, 6.45) is 2.98. The van der Waals surface area contributed by atoms with Gasteiger partial charge in [0.25, 0.3) is 0 Å². The Balaban J connectivity index is 1.92. The molecule has 19 heavy (non-hydrogen) atoms. The van der Waals surface area contributed by atoms with Crippen molar-refractivity contribution in [3.63, 3.8) is 0 Å². The Hall–Kier alpha value is -1.51. The van der Waals surface area contributed by atoms with Crippen molar-refractivity contribution in [2.45, 2.75) is 39.0 Å². The van der Waals surface area contributed by atoms with Crippen LogP contribution in [0.1, 0.15) is 44.6 Å². The Morgan fingerprint density at radius 2 is 2.11 bits per heavy atom. The van der Waals surface area contributed by atoms with Crippen molar-refractivity contribution >= 4 is 11.6 Å². The second kappa shape index (κ2) is 6.09. The van der Waals surface area contributed by atoms with Crippen LogP contribution in [0.5, 0.6) is 0 Å². The molecule has 3 nitrogen and oxygen atoms in total. The number of nitrogen functional groups attached to an aromatic ring is 1. The van der Waals surface area contributed by atoms with E-state index in [0.29, 0.717) is 12.3 Å². The lowest BCUT2D eigenvalue weighted by Crippen LogP contribution is -2.39. The summed E-state index contributed by atoms with van der Waals surface area (Å²) in [6.45, 7) is 6.19. The van der Waals surface area contributed by atoms with E-state index in [1.54, 1.807) is 0 Å². The van der Waals surface area contributed by atoms with Gasteiger partial charge in [-0.05, 0) is 42.4 Å². The molecule has 1 fully saturated rings. The van der Waals surface area contributed by atoms with Gasteiger partial charge in [0.2, 0.25) is 5.91 Å². The van der Waals surface area contributed by atoms with E-state index in [4.69, 9.17) is 5.73 Å². The third kappa shape index (κ3) is 3.72. The first-order chi connectivity index (χ1) is 9.06. The van der Waals surface area contributed by atoms with E-state index in [0.717, 1.165) is 25.2 Å². The molecule has 0 bridgehead atoms. The first kappa shape index (κ1) is 13.9. The minimum atomic E-state index is 0.255. The quantitative estimate of drug-likeness (QED) is 0.849. The Bertz CT molecular complexity index is 427.